The predicted octanol–water partition coefficient (Wildman–Crippen LogP) is 5.35. The van der Waals surface area contributed by atoms with Crippen LogP contribution < -0.4 is 10.6 Å². The van der Waals surface area contributed by atoms with E-state index in [9.17, 15) is 31.5 Å². The standard InChI is InChI=1S/C35H35F7N10O2/c1-34(2,17-52-26(23-5-4-9-43-23)13-28(48-52)35(40,41)42)47-31(53)27(11-18-14-45-51(16-18)33(38)39)50-10-8-19-20(6-7-21(36)29(19)32(50)54)30-22(37)12-25-24(46-30)15-44-49(25)3/h6-7,12-16,23,27,33,43H,4-5,8-11,17H2,1-3H3,(H,47,53)/t23?,27-/m1/s1. The summed E-state index contributed by atoms with van der Waals surface area (Å²) in [5, 5.41) is 17.5. The van der Waals surface area contributed by atoms with Crippen molar-refractivity contribution in [3.05, 3.63) is 82.6 Å². The molecule has 6 heterocycles. The van der Waals surface area contributed by atoms with Crippen LogP contribution in [0.3, 0.4) is 0 Å². The van der Waals surface area contributed by atoms with Crippen molar-refractivity contribution in [2.75, 3.05) is 13.1 Å². The number of benzene rings is 1. The van der Waals surface area contributed by atoms with Gasteiger partial charge in [-0.1, -0.05) is 0 Å². The molecule has 2 N–H and O–H groups in total. The molecular formula is C35H35F7N10O2. The van der Waals surface area contributed by atoms with Crippen molar-refractivity contribution < 1.29 is 40.3 Å². The monoisotopic (exact) mass is 760 g/mol. The second-order valence-corrected chi connectivity index (χ2v) is 14.1. The summed E-state index contributed by atoms with van der Waals surface area (Å²) in [5.41, 5.74) is -1.30. The van der Waals surface area contributed by atoms with Gasteiger partial charge in [-0.15, -0.1) is 0 Å². The topological polar surface area (TPSA) is 128 Å². The number of pyridine rings is 1. The summed E-state index contributed by atoms with van der Waals surface area (Å²) in [4.78, 5) is 34.0. The molecule has 7 rings (SSSR count). The molecule has 5 aromatic rings. The second-order valence-electron chi connectivity index (χ2n) is 14.1. The first-order valence-corrected chi connectivity index (χ1v) is 17.1. The van der Waals surface area contributed by atoms with Gasteiger partial charge in [0, 0.05) is 43.9 Å². The van der Waals surface area contributed by atoms with Crippen LogP contribution in [0.1, 0.15) is 72.2 Å². The first kappa shape index (κ1) is 37.0. The number of carbonyl (C=O) groups excluding carboxylic acids is 2. The molecule has 4 aromatic heterocycles. The summed E-state index contributed by atoms with van der Waals surface area (Å²) >= 11 is 0. The summed E-state index contributed by atoms with van der Waals surface area (Å²) < 4.78 is 102. The number of hydrogen-bond acceptors (Lipinski definition) is 7. The smallest absolute Gasteiger partial charge is 0.348 e. The van der Waals surface area contributed by atoms with E-state index in [2.05, 4.69) is 30.9 Å². The maximum Gasteiger partial charge on any atom is 0.435 e. The number of nitrogens with zero attached hydrogens (tertiary/aromatic N) is 8. The van der Waals surface area contributed by atoms with Crippen molar-refractivity contribution in [3.8, 4) is 11.3 Å². The van der Waals surface area contributed by atoms with Crippen molar-refractivity contribution in [1.29, 1.82) is 0 Å². The second kappa shape index (κ2) is 13.8. The van der Waals surface area contributed by atoms with Crippen LogP contribution in [0.15, 0.2) is 42.9 Å². The number of amides is 2. The summed E-state index contributed by atoms with van der Waals surface area (Å²) in [6.07, 6.45) is -0.155. The molecule has 54 heavy (non-hydrogen) atoms. The SMILES string of the molecule is Cn1ncc2nc(-c3ccc(F)c4c3CCN([C@H](Cc3cnn(C(F)F)c3)C(=O)NC(C)(C)Cn3nc(C(F)(F)F)cc3C3CCCN3)C4=O)c(F)cc21. The lowest BCUT2D eigenvalue weighted by atomic mass is 9.90. The highest BCUT2D eigenvalue weighted by atomic mass is 19.4. The van der Waals surface area contributed by atoms with Crippen LogP contribution in [-0.4, -0.2) is 75.7 Å². The first-order chi connectivity index (χ1) is 25.5. The highest BCUT2D eigenvalue weighted by Crippen LogP contribution is 2.36. The Balaban J connectivity index is 1.21. The fourth-order valence-electron chi connectivity index (χ4n) is 7.25. The lowest BCUT2D eigenvalue weighted by molar-refractivity contribution is -0.141. The van der Waals surface area contributed by atoms with Crippen LogP contribution in [0.25, 0.3) is 22.3 Å². The Kier molecular flexibility index (Phi) is 9.47. The minimum atomic E-state index is -4.72. The van der Waals surface area contributed by atoms with E-state index < -0.39 is 59.0 Å². The Morgan fingerprint density at radius 3 is 2.56 bits per heavy atom. The Morgan fingerprint density at radius 1 is 1.09 bits per heavy atom. The minimum Gasteiger partial charge on any atom is -0.348 e. The van der Waals surface area contributed by atoms with Gasteiger partial charge in [0.2, 0.25) is 5.91 Å². The summed E-state index contributed by atoms with van der Waals surface area (Å²) in [7, 11) is 1.62. The van der Waals surface area contributed by atoms with Gasteiger partial charge in [-0.25, -0.2) is 18.4 Å². The lowest BCUT2D eigenvalue weighted by Gasteiger charge is -2.37. The van der Waals surface area contributed by atoms with Gasteiger partial charge in [0.15, 0.2) is 11.5 Å². The number of rotatable bonds is 10. The quantitative estimate of drug-likeness (QED) is 0.184. The third-order valence-corrected chi connectivity index (χ3v) is 9.77. The molecule has 1 saturated heterocycles. The number of carbonyl (C=O) groups is 2. The molecule has 1 fully saturated rings. The molecule has 19 heteroatoms. The maximum atomic E-state index is 15.6. The molecule has 12 nitrogen and oxygen atoms in total. The Hall–Kier alpha value is -5.33. The number of aryl methyl sites for hydroxylation is 1. The Morgan fingerprint density at radius 2 is 1.87 bits per heavy atom. The normalized spacial score (nSPS) is 17.1. The van der Waals surface area contributed by atoms with Crippen molar-refractivity contribution in [2.45, 2.75) is 76.4 Å². The molecular weight excluding hydrogens is 725 g/mol. The van der Waals surface area contributed by atoms with Crippen molar-refractivity contribution in [1.82, 2.24) is 49.9 Å². The third kappa shape index (κ3) is 7.03. The molecule has 0 spiro atoms. The average molecular weight is 761 g/mol. The number of alkyl halides is 5. The molecule has 1 unspecified atom stereocenters. The van der Waals surface area contributed by atoms with Gasteiger partial charge in [0.05, 0.1) is 41.3 Å². The lowest BCUT2D eigenvalue weighted by Crippen LogP contribution is -2.58. The van der Waals surface area contributed by atoms with Gasteiger partial charge in [-0.05, 0) is 69.0 Å². The van der Waals surface area contributed by atoms with E-state index in [-0.39, 0.29) is 54.4 Å². The van der Waals surface area contributed by atoms with E-state index in [4.69, 9.17) is 0 Å². The number of nitrogens with one attached hydrogen (secondary N) is 2. The molecule has 286 valence electrons. The van der Waals surface area contributed by atoms with Crippen LogP contribution in [0.5, 0.6) is 0 Å². The van der Waals surface area contributed by atoms with E-state index in [0.717, 1.165) is 35.8 Å². The molecule has 0 bridgehead atoms. The molecule has 2 amide bonds. The van der Waals surface area contributed by atoms with Crippen molar-refractivity contribution in [3.63, 3.8) is 0 Å². The molecule has 1 aromatic carbocycles. The minimum absolute atomic E-state index is 0.0327. The van der Waals surface area contributed by atoms with Crippen LogP contribution in [0.2, 0.25) is 0 Å². The molecule has 0 radical (unpaired) electrons. The average Bonchev–Trinajstić information content (AvgIpc) is 3.92. The molecule has 0 aliphatic carbocycles. The Bertz CT molecular complexity index is 2240. The van der Waals surface area contributed by atoms with Crippen molar-refractivity contribution >= 4 is 22.8 Å². The van der Waals surface area contributed by atoms with Gasteiger partial charge in [-0.3, -0.25) is 19.0 Å². The fraction of sp³-hybridized carbons (Fsp3) is 0.429. The van der Waals surface area contributed by atoms with E-state index in [0.29, 0.717) is 34.4 Å². The van der Waals surface area contributed by atoms with E-state index in [1.54, 1.807) is 20.9 Å². The van der Waals surface area contributed by atoms with E-state index in [1.807, 2.05) is 0 Å². The molecule has 0 saturated carbocycles. The zero-order valence-corrected chi connectivity index (χ0v) is 29.3. The highest BCUT2D eigenvalue weighted by molar-refractivity contribution is 6.01. The van der Waals surface area contributed by atoms with Crippen LogP contribution >= 0.6 is 0 Å². The molecule has 2 aliphatic rings. The van der Waals surface area contributed by atoms with Gasteiger partial charge in [-0.2, -0.15) is 37.2 Å². The predicted molar refractivity (Wildman–Crippen MR) is 179 cm³/mol. The molecule has 2 aliphatic heterocycles. The number of fused-ring (bicyclic) bond motifs is 2. The summed E-state index contributed by atoms with van der Waals surface area (Å²) in [6.45, 7) is 0.398. The number of aromatic nitrogens is 7. The fourth-order valence-corrected chi connectivity index (χ4v) is 7.25. The summed E-state index contributed by atoms with van der Waals surface area (Å²) in [6, 6.07) is 2.74. The van der Waals surface area contributed by atoms with Crippen LogP contribution in [0, 0.1) is 11.6 Å². The van der Waals surface area contributed by atoms with Crippen LogP contribution in [0.4, 0.5) is 30.7 Å². The van der Waals surface area contributed by atoms with Gasteiger partial charge in [0.1, 0.15) is 23.1 Å². The van der Waals surface area contributed by atoms with E-state index >= 15 is 8.78 Å². The first-order valence-electron chi connectivity index (χ1n) is 17.1. The number of halogens is 7. The summed E-state index contributed by atoms with van der Waals surface area (Å²) in [5.74, 6) is -3.34. The van der Waals surface area contributed by atoms with Crippen LogP contribution in [-0.2, 0) is 37.4 Å². The maximum absolute atomic E-state index is 15.6. The largest absolute Gasteiger partial charge is 0.435 e. The Labute approximate surface area is 303 Å². The van der Waals surface area contributed by atoms with Gasteiger partial charge >= 0.3 is 12.7 Å². The third-order valence-electron chi connectivity index (χ3n) is 9.77. The van der Waals surface area contributed by atoms with E-state index in [1.165, 1.54) is 27.7 Å². The van der Waals surface area contributed by atoms with Gasteiger partial charge in [0.25, 0.3) is 5.91 Å². The number of hydrogen-bond donors (Lipinski definition) is 2. The van der Waals surface area contributed by atoms with Crippen molar-refractivity contribution in [2.24, 2.45) is 7.05 Å². The van der Waals surface area contributed by atoms with Gasteiger partial charge < -0.3 is 15.5 Å². The zero-order chi connectivity index (χ0) is 38.7. The zero-order valence-electron chi connectivity index (χ0n) is 29.3. The molecule has 2 atom stereocenters. The highest BCUT2D eigenvalue weighted by Gasteiger charge is 2.41.